The van der Waals surface area contributed by atoms with E-state index in [1.54, 1.807) is 0 Å². The second kappa shape index (κ2) is 6.45. The molecule has 132 valence electrons. The minimum atomic E-state index is 0.0481. The SMILES string of the molecule is Cc1ccc2c(c1)CCCN2C(=O)c1c(C)nn(-c2ccccc2)c1C. The summed E-state index contributed by atoms with van der Waals surface area (Å²) in [7, 11) is 0. The number of benzene rings is 2. The number of rotatable bonds is 2. The number of fused-ring (bicyclic) bond motifs is 1. The highest BCUT2D eigenvalue weighted by Crippen LogP contribution is 2.30. The Balaban J connectivity index is 1.76. The standard InChI is InChI=1S/C22H23N3O/c1-15-11-12-20-18(14-15)8-7-13-24(20)22(26)21-16(2)23-25(17(21)3)19-9-5-4-6-10-19/h4-6,9-12,14H,7-8,13H2,1-3H3. The average molecular weight is 345 g/mol. The molecule has 0 N–H and O–H groups in total. The molecule has 0 aliphatic carbocycles. The van der Waals surface area contributed by atoms with Gasteiger partial charge in [0.2, 0.25) is 0 Å². The van der Waals surface area contributed by atoms with Gasteiger partial charge in [-0.15, -0.1) is 0 Å². The van der Waals surface area contributed by atoms with Crippen molar-refractivity contribution >= 4 is 11.6 Å². The molecule has 0 radical (unpaired) electrons. The molecule has 0 saturated heterocycles. The fourth-order valence-electron chi connectivity index (χ4n) is 3.84. The summed E-state index contributed by atoms with van der Waals surface area (Å²) in [5.41, 5.74) is 6.88. The lowest BCUT2D eigenvalue weighted by atomic mass is 9.98. The van der Waals surface area contributed by atoms with Crippen LogP contribution in [-0.4, -0.2) is 22.2 Å². The van der Waals surface area contributed by atoms with Crippen LogP contribution >= 0.6 is 0 Å². The lowest BCUT2D eigenvalue weighted by Crippen LogP contribution is -2.36. The van der Waals surface area contributed by atoms with Crippen LogP contribution in [0.4, 0.5) is 5.69 Å². The topological polar surface area (TPSA) is 38.1 Å². The van der Waals surface area contributed by atoms with Crippen LogP contribution in [0, 0.1) is 20.8 Å². The number of carbonyl (C=O) groups excluding carboxylic acids is 1. The number of aryl methyl sites for hydroxylation is 3. The Morgan fingerprint density at radius 2 is 1.81 bits per heavy atom. The molecule has 26 heavy (non-hydrogen) atoms. The van der Waals surface area contributed by atoms with E-state index in [-0.39, 0.29) is 5.91 Å². The van der Waals surface area contributed by atoms with Crippen LogP contribution in [0.2, 0.25) is 0 Å². The van der Waals surface area contributed by atoms with Crippen LogP contribution in [0.15, 0.2) is 48.5 Å². The zero-order valence-electron chi connectivity index (χ0n) is 15.5. The van der Waals surface area contributed by atoms with E-state index in [9.17, 15) is 4.79 Å². The first-order chi connectivity index (χ1) is 12.6. The molecule has 2 heterocycles. The van der Waals surface area contributed by atoms with Crippen LogP contribution in [0.1, 0.15) is 39.3 Å². The van der Waals surface area contributed by atoms with E-state index in [1.807, 2.05) is 53.8 Å². The molecule has 4 rings (SSSR count). The third kappa shape index (κ3) is 2.71. The number of carbonyl (C=O) groups is 1. The highest BCUT2D eigenvalue weighted by atomic mass is 16.2. The second-order valence-electron chi connectivity index (χ2n) is 6.99. The van der Waals surface area contributed by atoms with Crippen LogP contribution in [-0.2, 0) is 6.42 Å². The number of nitrogens with zero attached hydrogens (tertiary/aromatic N) is 3. The van der Waals surface area contributed by atoms with Crippen molar-refractivity contribution in [1.29, 1.82) is 0 Å². The molecule has 4 nitrogen and oxygen atoms in total. The number of para-hydroxylation sites is 1. The van der Waals surface area contributed by atoms with Gasteiger partial charge in [0.25, 0.3) is 5.91 Å². The fraction of sp³-hybridized carbons (Fsp3) is 0.273. The molecule has 0 atom stereocenters. The summed E-state index contributed by atoms with van der Waals surface area (Å²) in [5, 5.41) is 4.64. The summed E-state index contributed by atoms with van der Waals surface area (Å²) in [6.07, 6.45) is 2.02. The van der Waals surface area contributed by atoms with Crippen molar-refractivity contribution in [3.63, 3.8) is 0 Å². The molecule has 4 heteroatoms. The molecule has 0 spiro atoms. The number of amides is 1. The normalized spacial score (nSPS) is 13.6. The van der Waals surface area contributed by atoms with Gasteiger partial charge in [-0.25, -0.2) is 4.68 Å². The Bertz CT molecular complexity index is 973. The minimum Gasteiger partial charge on any atom is -0.308 e. The first kappa shape index (κ1) is 16.6. The van der Waals surface area contributed by atoms with Gasteiger partial charge in [0.1, 0.15) is 0 Å². The first-order valence-corrected chi connectivity index (χ1v) is 9.09. The third-order valence-corrected chi connectivity index (χ3v) is 5.10. The van der Waals surface area contributed by atoms with Gasteiger partial charge >= 0.3 is 0 Å². The third-order valence-electron chi connectivity index (χ3n) is 5.10. The Labute approximate surface area is 154 Å². The van der Waals surface area contributed by atoms with Gasteiger partial charge in [0.05, 0.1) is 22.6 Å². The van der Waals surface area contributed by atoms with Crippen LogP contribution in [0.25, 0.3) is 5.69 Å². The summed E-state index contributed by atoms with van der Waals surface area (Å²) in [6.45, 7) is 6.74. The highest BCUT2D eigenvalue weighted by molar-refractivity contribution is 6.08. The van der Waals surface area contributed by atoms with Gasteiger partial charge < -0.3 is 4.90 Å². The van der Waals surface area contributed by atoms with Gasteiger partial charge in [-0.05, 0) is 57.4 Å². The van der Waals surface area contributed by atoms with Crippen LogP contribution in [0.3, 0.4) is 0 Å². The molecule has 1 amide bonds. The van der Waals surface area contributed by atoms with Crippen molar-refractivity contribution in [2.45, 2.75) is 33.6 Å². The second-order valence-corrected chi connectivity index (χ2v) is 6.99. The van der Waals surface area contributed by atoms with Crippen molar-refractivity contribution in [1.82, 2.24) is 9.78 Å². The van der Waals surface area contributed by atoms with E-state index >= 15 is 0 Å². The monoisotopic (exact) mass is 345 g/mol. The lowest BCUT2D eigenvalue weighted by Gasteiger charge is -2.30. The molecule has 0 saturated carbocycles. The van der Waals surface area contributed by atoms with Crippen molar-refractivity contribution in [3.05, 3.63) is 76.6 Å². The van der Waals surface area contributed by atoms with Gasteiger partial charge in [0.15, 0.2) is 0 Å². The maximum atomic E-state index is 13.4. The van der Waals surface area contributed by atoms with E-state index < -0.39 is 0 Å². The molecule has 2 aromatic carbocycles. The molecular formula is C22H23N3O. The predicted octanol–water partition coefficient (Wildman–Crippen LogP) is 4.39. The van der Waals surface area contributed by atoms with Gasteiger partial charge in [-0.3, -0.25) is 4.79 Å². The maximum absolute atomic E-state index is 13.4. The van der Waals surface area contributed by atoms with Crippen molar-refractivity contribution < 1.29 is 4.79 Å². The maximum Gasteiger partial charge on any atom is 0.262 e. The molecule has 0 unspecified atom stereocenters. The molecule has 1 aromatic heterocycles. The zero-order valence-corrected chi connectivity index (χ0v) is 15.5. The van der Waals surface area contributed by atoms with E-state index in [0.717, 1.165) is 42.1 Å². The Kier molecular flexibility index (Phi) is 4.11. The van der Waals surface area contributed by atoms with Crippen molar-refractivity contribution in [3.8, 4) is 5.69 Å². The zero-order chi connectivity index (χ0) is 18.3. The molecule has 3 aromatic rings. The number of anilines is 1. The minimum absolute atomic E-state index is 0.0481. The summed E-state index contributed by atoms with van der Waals surface area (Å²) < 4.78 is 1.86. The number of aromatic nitrogens is 2. The number of hydrogen-bond acceptors (Lipinski definition) is 2. The quantitative estimate of drug-likeness (QED) is 0.691. The van der Waals surface area contributed by atoms with Crippen LogP contribution in [0.5, 0.6) is 0 Å². The Morgan fingerprint density at radius 3 is 2.58 bits per heavy atom. The average Bonchev–Trinajstić information content (AvgIpc) is 2.95. The first-order valence-electron chi connectivity index (χ1n) is 9.09. The largest absolute Gasteiger partial charge is 0.308 e. The van der Waals surface area contributed by atoms with E-state index in [1.165, 1.54) is 11.1 Å². The van der Waals surface area contributed by atoms with Crippen molar-refractivity contribution in [2.24, 2.45) is 0 Å². The highest BCUT2D eigenvalue weighted by Gasteiger charge is 2.28. The predicted molar refractivity (Wildman–Crippen MR) is 104 cm³/mol. The van der Waals surface area contributed by atoms with Crippen molar-refractivity contribution in [2.75, 3.05) is 11.4 Å². The molecule has 1 aliphatic heterocycles. The molecule has 1 aliphatic rings. The molecule has 0 fully saturated rings. The summed E-state index contributed by atoms with van der Waals surface area (Å²) >= 11 is 0. The van der Waals surface area contributed by atoms with Gasteiger partial charge in [-0.2, -0.15) is 5.10 Å². The van der Waals surface area contributed by atoms with E-state index in [0.29, 0.717) is 5.56 Å². The molecular weight excluding hydrogens is 322 g/mol. The van der Waals surface area contributed by atoms with Gasteiger partial charge in [-0.1, -0.05) is 35.9 Å². The molecule has 0 bridgehead atoms. The smallest absolute Gasteiger partial charge is 0.262 e. The summed E-state index contributed by atoms with van der Waals surface area (Å²) in [6, 6.07) is 16.3. The van der Waals surface area contributed by atoms with Crippen LogP contribution < -0.4 is 4.90 Å². The van der Waals surface area contributed by atoms with E-state index in [4.69, 9.17) is 0 Å². The summed E-state index contributed by atoms with van der Waals surface area (Å²) in [5.74, 6) is 0.0481. The fourth-order valence-corrected chi connectivity index (χ4v) is 3.84. The Hall–Kier alpha value is -2.88. The summed E-state index contributed by atoms with van der Waals surface area (Å²) in [4.78, 5) is 15.3. The van der Waals surface area contributed by atoms with E-state index in [2.05, 4.69) is 30.2 Å². The van der Waals surface area contributed by atoms with Gasteiger partial charge in [0, 0.05) is 12.2 Å². The Morgan fingerprint density at radius 1 is 1.04 bits per heavy atom. The number of hydrogen-bond donors (Lipinski definition) is 0. The lowest BCUT2D eigenvalue weighted by molar-refractivity contribution is 0.0984.